The predicted octanol–water partition coefficient (Wildman–Crippen LogP) is 4.24. The molecule has 0 aliphatic carbocycles. The van der Waals surface area contributed by atoms with Gasteiger partial charge in [-0.2, -0.15) is 0 Å². The van der Waals surface area contributed by atoms with E-state index in [1.165, 1.54) is 23.7 Å². The molecular weight excluding hydrogens is 404 g/mol. The molecule has 2 aromatic heterocycles. The average Bonchev–Trinajstić information content (AvgIpc) is 3.23. The Morgan fingerprint density at radius 3 is 2.77 bits per heavy atom. The number of piperidine rings is 1. The number of imidazole rings is 1. The normalized spacial score (nSPS) is 17.0. The Kier molecular flexibility index (Phi) is 6.09. The molecule has 0 bridgehead atoms. The standard InChI is InChI=1S/C25H28N4OS/c30-25(22-16-21-18-26-23-9-4-10-24(31-22)29(21)23)27-17-20-11-14-28(15-12-20)13-5-8-19-6-2-1-3-7-19/h1-4,6-7,9-10,16,18,20H,5,8,11-15,17H2,(H,27,30). The first-order valence-electron chi connectivity index (χ1n) is 11.2. The number of amides is 1. The van der Waals surface area contributed by atoms with Crippen LogP contribution in [0.3, 0.4) is 0 Å². The summed E-state index contributed by atoms with van der Waals surface area (Å²) in [6.45, 7) is 4.19. The molecule has 4 heterocycles. The van der Waals surface area contributed by atoms with Crippen molar-refractivity contribution in [2.24, 2.45) is 5.92 Å². The Balaban J connectivity index is 1.06. The van der Waals surface area contributed by atoms with Crippen LogP contribution >= 0.6 is 11.8 Å². The molecule has 2 aliphatic rings. The number of hydrogen-bond acceptors (Lipinski definition) is 4. The summed E-state index contributed by atoms with van der Waals surface area (Å²) in [5, 5.41) is 4.22. The fourth-order valence-corrected chi connectivity index (χ4v) is 5.50. The molecule has 5 rings (SSSR count). The van der Waals surface area contributed by atoms with E-state index in [1.807, 2.05) is 30.5 Å². The summed E-state index contributed by atoms with van der Waals surface area (Å²) in [5.41, 5.74) is 3.32. The van der Waals surface area contributed by atoms with Crippen LogP contribution in [0.1, 0.15) is 30.5 Å². The number of rotatable bonds is 7. The van der Waals surface area contributed by atoms with Gasteiger partial charge in [0.2, 0.25) is 0 Å². The molecule has 1 aromatic carbocycles. The highest BCUT2D eigenvalue weighted by Gasteiger charge is 2.23. The zero-order valence-electron chi connectivity index (χ0n) is 17.7. The lowest BCUT2D eigenvalue weighted by Gasteiger charge is -2.32. The number of hydrogen-bond donors (Lipinski definition) is 1. The first-order valence-corrected chi connectivity index (χ1v) is 12.0. The zero-order valence-corrected chi connectivity index (χ0v) is 18.5. The number of nitrogens with zero attached hydrogens (tertiary/aromatic N) is 3. The van der Waals surface area contributed by atoms with Crippen molar-refractivity contribution in [3.05, 3.63) is 70.9 Å². The molecule has 0 saturated carbocycles. The quantitative estimate of drug-likeness (QED) is 0.607. The van der Waals surface area contributed by atoms with E-state index in [0.717, 1.165) is 66.7 Å². The summed E-state index contributed by atoms with van der Waals surface area (Å²) < 4.78 is 2.09. The second kappa shape index (κ2) is 9.28. The third-order valence-electron chi connectivity index (χ3n) is 6.28. The number of likely N-dealkylation sites (tertiary alicyclic amines) is 1. The van der Waals surface area contributed by atoms with Gasteiger partial charge in [0, 0.05) is 6.54 Å². The van der Waals surface area contributed by atoms with E-state index in [0.29, 0.717) is 5.92 Å². The Hall–Kier alpha value is -2.57. The number of aromatic nitrogens is 2. The first-order chi connectivity index (χ1) is 15.3. The topological polar surface area (TPSA) is 49.6 Å². The van der Waals surface area contributed by atoms with Gasteiger partial charge in [-0.15, -0.1) is 0 Å². The highest BCUT2D eigenvalue weighted by molar-refractivity contribution is 8.04. The first kappa shape index (κ1) is 20.3. The molecular formula is C25H28N4OS. The van der Waals surface area contributed by atoms with E-state index in [-0.39, 0.29) is 5.91 Å². The van der Waals surface area contributed by atoms with Crippen molar-refractivity contribution in [3.8, 4) is 0 Å². The SMILES string of the molecule is O=C(NCC1CCN(CCCc2ccccc2)CC1)C1=Cc2cnc3cccc(n23)S1. The van der Waals surface area contributed by atoms with E-state index in [2.05, 4.69) is 49.9 Å². The third-order valence-corrected chi connectivity index (χ3v) is 7.33. The van der Waals surface area contributed by atoms with Crippen LogP contribution in [-0.2, 0) is 11.2 Å². The molecule has 1 saturated heterocycles. The second-order valence-corrected chi connectivity index (χ2v) is 9.50. The number of carbonyl (C=O) groups excluding carboxylic acids is 1. The maximum absolute atomic E-state index is 12.8. The van der Waals surface area contributed by atoms with Crippen molar-refractivity contribution in [2.75, 3.05) is 26.2 Å². The summed E-state index contributed by atoms with van der Waals surface area (Å²) in [6, 6.07) is 16.7. The maximum atomic E-state index is 12.8. The van der Waals surface area contributed by atoms with Gasteiger partial charge >= 0.3 is 0 Å². The van der Waals surface area contributed by atoms with Gasteiger partial charge in [-0.25, -0.2) is 4.98 Å². The van der Waals surface area contributed by atoms with Crippen LogP contribution in [0.4, 0.5) is 0 Å². The van der Waals surface area contributed by atoms with Crippen molar-refractivity contribution in [2.45, 2.75) is 30.7 Å². The summed E-state index contributed by atoms with van der Waals surface area (Å²) in [4.78, 5) is 20.5. The van der Waals surface area contributed by atoms with Gasteiger partial charge in [0.05, 0.1) is 21.8 Å². The van der Waals surface area contributed by atoms with Crippen molar-refractivity contribution in [1.82, 2.24) is 19.6 Å². The van der Waals surface area contributed by atoms with Crippen LogP contribution in [0.25, 0.3) is 11.7 Å². The molecule has 5 nitrogen and oxygen atoms in total. The minimum absolute atomic E-state index is 0.0275. The van der Waals surface area contributed by atoms with Crippen LogP contribution in [0, 0.1) is 5.92 Å². The molecule has 3 aromatic rings. The van der Waals surface area contributed by atoms with Gasteiger partial charge in [0.25, 0.3) is 5.91 Å². The maximum Gasteiger partial charge on any atom is 0.258 e. The van der Waals surface area contributed by atoms with Gasteiger partial charge in [-0.1, -0.05) is 48.2 Å². The summed E-state index contributed by atoms with van der Waals surface area (Å²) in [7, 11) is 0. The Morgan fingerprint density at radius 1 is 1.10 bits per heavy atom. The second-order valence-electron chi connectivity index (χ2n) is 8.44. The molecule has 6 heteroatoms. The zero-order chi connectivity index (χ0) is 21.0. The lowest BCUT2D eigenvalue weighted by molar-refractivity contribution is -0.117. The van der Waals surface area contributed by atoms with Gasteiger partial charge in [0.1, 0.15) is 5.65 Å². The van der Waals surface area contributed by atoms with Crippen LogP contribution in [-0.4, -0.2) is 46.4 Å². The largest absolute Gasteiger partial charge is 0.351 e. The smallest absolute Gasteiger partial charge is 0.258 e. The van der Waals surface area contributed by atoms with Gasteiger partial charge < -0.3 is 10.2 Å². The van der Waals surface area contributed by atoms with Crippen LogP contribution < -0.4 is 5.32 Å². The average molecular weight is 433 g/mol. The van der Waals surface area contributed by atoms with Gasteiger partial charge in [-0.3, -0.25) is 9.20 Å². The van der Waals surface area contributed by atoms with E-state index in [9.17, 15) is 4.79 Å². The fraction of sp³-hybridized carbons (Fsp3) is 0.360. The van der Waals surface area contributed by atoms with Crippen molar-refractivity contribution >= 4 is 29.4 Å². The Bertz CT molecular complexity index is 1080. The number of thioether (sulfide) groups is 1. The fourth-order valence-electron chi connectivity index (χ4n) is 4.49. The highest BCUT2D eigenvalue weighted by Crippen LogP contribution is 2.34. The summed E-state index contributed by atoms with van der Waals surface area (Å²) in [6.07, 6.45) is 8.45. The van der Waals surface area contributed by atoms with E-state index >= 15 is 0 Å². The molecule has 0 radical (unpaired) electrons. The van der Waals surface area contributed by atoms with Crippen molar-refractivity contribution in [1.29, 1.82) is 0 Å². The van der Waals surface area contributed by atoms with E-state index in [4.69, 9.17) is 0 Å². The van der Waals surface area contributed by atoms with Gasteiger partial charge in [0.15, 0.2) is 0 Å². The number of aryl methyl sites for hydroxylation is 1. The van der Waals surface area contributed by atoms with Crippen LogP contribution in [0.5, 0.6) is 0 Å². The van der Waals surface area contributed by atoms with E-state index in [1.54, 1.807) is 0 Å². The van der Waals surface area contributed by atoms with Crippen molar-refractivity contribution in [3.63, 3.8) is 0 Å². The third kappa shape index (κ3) is 4.70. The minimum Gasteiger partial charge on any atom is -0.351 e. The predicted molar refractivity (Wildman–Crippen MR) is 126 cm³/mol. The Labute approximate surface area is 187 Å². The van der Waals surface area contributed by atoms with Crippen LogP contribution in [0.2, 0.25) is 0 Å². The number of carbonyl (C=O) groups is 1. The molecule has 31 heavy (non-hydrogen) atoms. The summed E-state index contributed by atoms with van der Waals surface area (Å²) >= 11 is 1.52. The molecule has 0 atom stereocenters. The lowest BCUT2D eigenvalue weighted by atomic mass is 9.96. The molecule has 1 amide bonds. The molecule has 0 spiro atoms. The number of pyridine rings is 1. The summed E-state index contributed by atoms with van der Waals surface area (Å²) in [5.74, 6) is 0.595. The molecule has 160 valence electrons. The molecule has 1 fully saturated rings. The van der Waals surface area contributed by atoms with E-state index < -0.39 is 0 Å². The number of benzene rings is 1. The Morgan fingerprint density at radius 2 is 1.94 bits per heavy atom. The van der Waals surface area contributed by atoms with Crippen molar-refractivity contribution < 1.29 is 4.79 Å². The molecule has 0 unspecified atom stereocenters. The highest BCUT2D eigenvalue weighted by atomic mass is 32.2. The number of nitrogens with one attached hydrogen (secondary N) is 1. The van der Waals surface area contributed by atoms with Gasteiger partial charge in [-0.05, 0) is 75.0 Å². The minimum atomic E-state index is 0.0275. The molecule has 1 N–H and O–H groups in total. The van der Waals surface area contributed by atoms with Crippen LogP contribution in [0.15, 0.2) is 64.7 Å². The lowest BCUT2D eigenvalue weighted by Crippen LogP contribution is -2.39. The molecule has 2 aliphatic heterocycles. The monoisotopic (exact) mass is 432 g/mol.